The molecule has 2 fully saturated rings. The molecular formula is C16H28Cl2N4O. The standard InChI is InChI=1S/C16H26N4O.2ClH/c1-12-10-13(2)20(18-12)11-16(21)19-8-5-14(6-9-19)15-4-3-7-17-15;;/h10,14-15,17H,3-9,11H2,1-2H3;2*1H. The number of piperidine rings is 1. The van der Waals surface area contributed by atoms with Gasteiger partial charge in [0.25, 0.3) is 0 Å². The first kappa shape index (κ1) is 20.3. The molecule has 0 bridgehead atoms. The number of hydrogen-bond donors (Lipinski definition) is 1. The van der Waals surface area contributed by atoms with Crippen LogP contribution in [0.1, 0.15) is 37.1 Å². The summed E-state index contributed by atoms with van der Waals surface area (Å²) >= 11 is 0. The molecule has 5 nitrogen and oxygen atoms in total. The Balaban J connectivity index is 0.00000132. The van der Waals surface area contributed by atoms with E-state index >= 15 is 0 Å². The Labute approximate surface area is 151 Å². The lowest BCUT2D eigenvalue weighted by Gasteiger charge is -2.35. The van der Waals surface area contributed by atoms with E-state index in [-0.39, 0.29) is 30.7 Å². The number of carbonyl (C=O) groups excluding carboxylic acids is 1. The molecule has 1 unspecified atom stereocenters. The van der Waals surface area contributed by atoms with Crippen LogP contribution in [-0.4, -0.2) is 46.3 Å². The maximum atomic E-state index is 12.4. The Morgan fingerprint density at radius 1 is 1.26 bits per heavy atom. The lowest BCUT2D eigenvalue weighted by Crippen LogP contribution is -2.44. The molecule has 1 atom stereocenters. The van der Waals surface area contributed by atoms with Crippen molar-refractivity contribution in [3.63, 3.8) is 0 Å². The molecule has 0 radical (unpaired) electrons. The van der Waals surface area contributed by atoms with Crippen LogP contribution in [0.4, 0.5) is 0 Å². The zero-order valence-electron chi connectivity index (χ0n) is 14.0. The number of hydrogen-bond acceptors (Lipinski definition) is 3. The molecule has 2 aliphatic rings. The van der Waals surface area contributed by atoms with Crippen LogP contribution in [0.15, 0.2) is 6.07 Å². The SMILES string of the molecule is Cc1cc(C)n(CC(=O)N2CCC(C3CCCN3)CC2)n1.Cl.Cl. The van der Waals surface area contributed by atoms with E-state index < -0.39 is 0 Å². The molecule has 0 spiro atoms. The van der Waals surface area contributed by atoms with Crippen molar-refractivity contribution in [2.24, 2.45) is 5.92 Å². The smallest absolute Gasteiger partial charge is 0.244 e. The van der Waals surface area contributed by atoms with Crippen LogP contribution in [0.3, 0.4) is 0 Å². The highest BCUT2D eigenvalue weighted by Crippen LogP contribution is 2.25. The summed E-state index contributed by atoms with van der Waals surface area (Å²) in [6.45, 7) is 7.33. The molecular weight excluding hydrogens is 335 g/mol. The van der Waals surface area contributed by atoms with Crippen molar-refractivity contribution in [2.75, 3.05) is 19.6 Å². The minimum Gasteiger partial charge on any atom is -0.341 e. The minimum atomic E-state index is 0. The molecule has 1 amide bonds. The first-order valence-electron chi connectivity index (χ1n) is 8.15. The van der Waals surface area contributed by atoms with Gasteiger partial charge in [-0.2, -0.15) is 5.10 Å². The molecule has 0 aliphatic carbocycles. The van der Waals surface area contributed by atoms with Gasteiger partial charge >= 0.3 is 0 Å². The zero-order chi connectivity index (χ0) is 14.8. The summed E-state index contributed by atoms with van der Waals surface area (Å²) < 4.78 is 1.82. The monoisotopic (exact) mass is 362 g/mol. The third-order valence-corrected chi connectivity index (χ3v) is 4.95. The van der Waals surface area contributed by atoms with Gasteiger partial charge in [-0.05, 0) is 58.1 Å². The van der Waals surface area contributed by atoms with Crippen LogP contribution in [0.25, 0.3) is 0 Å². The van der Waals surface area contributed by atoms with Crippen LogP contribution in [0.5, 0.6) is 0 Å². The van der Waals surface area contributed by atoms with Crippen LogP contribution in [0, 0.1) is 19.8 Å². The molecule has 2 saturated heterocycles. The van der Waals surface area contributed by atoms with E-state index in [1.54, 1.807) is 0 Å². The number of rotatable bonds is 3. The van der Waals surface area contributed by atoms with Crippen molar-refractivity contribution in [1.29, 1.82) is 0 Å². The van der Waals surface area contributed by atoms with E-state index in [0.717, 1.165) is 43.2 Å². The Bertz CT molecular complexity index is 506. The highest BCUT2D eigenvalue weighted by Gasteiger charge is 2.29. The molecule has 1 aromatic heterocycles. The van der Waals surface area contributed by atoms with Gasteiger partial charge in [0.2, 0.25) is 5.91 Å². The first-order chi connectivity index (χ1) is 10.1. The number of nitrogens with one attached hydrogen (secondary N) is 1. The molecule has 7 heteroatoms. The topological polar surface area (TPSA) is 50.2 Å². The second kappa shape index (κ2) is 8.90. The third-order valence-electron chi connectivity index (χ3n) is 4.95. The van der Waals surface area contributed by atoms with Gasteiger partial charge in [-0.1, -0.05) is 0 Å². The van der Waals surface area contributed by atoms with Crippen molar-refractivity contribution in [1.82, 2.24) is 20.0 Å². The lowest BCUT2D eigenvalue weighted by atomic mass is 9.88. The normalized spacial score (nSPS) is 21.7. The number of likely N-dealkylation sites (tertiary alicyclic amines) is 1. The first-order valence-corrected chi connectivity index (χ1v) is 8.15. The molecule has 132 valence electrons. The highest BCUT2D eigenvalue weighted by molar-refractivity contribution is 5.85. The Hall–Kier alpha value is -0.780. The summed E-state index contributed by atoms with van der Waals surface area (Å²) in [5.74, 6) is 0.962. The Morgan fingerprint density at radius 3 is 2.48 bits per heavy atom. The molecule has 3 heterocycles. The molecule has 1 N–H and O–H groups in total. The van der Waals surface area contributed by atoms with Gasteiger partial charge in [0.05, 0.1) is 5.69 Å². The van der Waals surface area contributed by atoms with Crippen molar-refractivity contribution in [2.45, 2.75) is 52.1 Å². The van der Waals surface area contributed by atoms with Crippen LogP contribution in [-0.2, 0) is 11.3 Å². The number of amides is 1. The van der Waals surface area contributed by atoms with Gasteiger partial charge in [0.15, 0.2) is 0 Å². The fraction of sp³-hybridized carbons (Fsp3) is 0.750. The fourth-order valence-electron chi connectivity index (χ4n) is 3.73. The Morgan fingerprint density at radius 2 is 1.96 bits per heavy atom. The van der Waals surface area contributed by atoms with Gasteiger partial charge in [0, 0.05) is 24.8 Å². The molecule has 23 heavy (non-hydrogen) atoms. The van der Waals surface area contributed by atoms with Crippen LogP contribution >= 0.6 is 24.8 Å². The molecule has 3 rings (SSSR count). The predicted octanol–water partition coefficient (Wildman–Crippen LogP) is 2.33. The average molecular weight is 363 g/mol. The van der Waals surface area contributed by atoms with Crippen LogP contribution in [0.2, 0.25) is 0 Å². The quantitative estimate of drug-likeness (QED) is 0.897. The highest BCUT2D eigenvalue weighted by atomic mass is 35.5. The molecule has 0 saturated carbocycles. The van der Waals surface area contributed by atoms with E-state index in [2.05, 4.69) is 10.4 Å². The largest absolute Gasteiger partial charge is 0.341 e. The number of halogens is 2. The van der Waals surface area contributed by atoms with E-state index in [1.807, 2.05) is 29.5 Å². The fourth-order valence-corrected chi connectivity index (χ4v) is 3.73. The van der Waals surface area contributed by atoms with Crippen molar-refractivity contribution in [3.8, 4) is 0 Å². The minimum absolute atomic E-state index is 0. The van der Waals surface area contributed by atoms with E-state index in [0.29, 0.717) is 12.6 Å². The second-order valence-electron chi connectivity index (χ2n) is 6.51. The summed E-state index contributed by atoms with van der Waals surface area (Å²) in [7, 11) is 0. The van der Waals surface area contributed by atoms with Gasteiger partial charge in [-0.3, -0.25) is 9.48 Å². The number of nitrogens with zero attached hydrogens (tertiary/aromatic N) is 3. The van der Waals surface area contributed by atoms with Gasteiger partial charge in [-0.15, -0.1) is 24.8 Å². The number of aromatic nitrogens is 2. The van der Waals surface area contributed by atoms with Gasteiger partial charge in [0.1, 0.15) is 6.54 Å². The average Bonchev–Trinajstić information content (AvgIpc) is 3.10. The van der Waals surface area contributed by atoms with E-state index in [1.165, 1.54) is 19.4 Å². The zero-order valence-corrected chi connectivity index (χ0v) is 15.6. The summed E-state index contributed by atoms with van der Waals surface area (Å²) in [4.78, 5) is 14.4. The number of aryl methyl sites for hydroxylation is 2. The van der Waals surface area contributed by atoms with Crippen molar-refractivity contribution < 1.29 is 4.79 Å². The predicted molar refractivity (Wildman–Crippen MR) is 96.5 cm³/mol. The lowest BCUT2D eigenvalue weighted by molar-refractivity contribution is -0.133. The molecule has 0 aromatic carbocycles. The van der Waals surface area contributed by atoms with Crippen molar-refractivity contribution >= 4 is 30.7 Å². The maximum Gasteiger partial charge on any atom is 0.244 e. The van der Waals surface area contributed by atoms with Crippen LogP contribution < -0.4 is 5.32 Å². The van der Waals surface area contributed by atoms with Gasteiger partial charge in [-0.25, -0.2) is 0 Å². The summed E-state index contributed by atoms with van der Waals surface area (Å²) in [6, 6.07) is 2.71. The van der Waals surface area contributed by atoms with Crippen molar-refractivity contribution in [3.05, 3.63) is 17.5 Å². The maximum absolute atomic E-state index is 12.4. The van der Waals surface area contributed by atoms with Gasteiger partial charge < -0.3 is 10.2 Å². The summed E-state index contributed by atoms with van der Waals surface area (Å²) in [6.07, 6.45) is 4.90. The summed E-state index contributed by atoms with van der Waals surface area (Å²) in [5, 5.41) is 7.99. The van der Waals surface area contributed by atoms with E-state index in [4.69, 9.17) is 0 Å². The third kappa shape index (κ3) is 4.85. The molecule has 1 aromatic rings. The number of carbonyl (C=O) groups is 1. The Kier molecular flexibility index (Phi) is 7.84. The second-order valence-corrected chi connectivity index (χ2v) is 6.51. The summed E-state index contributed by atoms with van der Waals surface area (Å²) in [5.41, 5.74) is 2.04. The molecule has 2 aliphatic heterocycles. The van der Waals surface area contributed by atoms with E-state index in [9.17, 15) is 4.79 Å².